The van der Waals surface area contributed by atoms with Crippen molar-refractivity contribution in [3.05, 3.63) is 22.5 Å². The highest BCUT2D eigenvalue weighted by atomic mass is 32.2. The molecular formula is C17H22F6N4O3S2. The standard InChI is InChI=1S/C8H9F3N2O2S.C8H9F3N2OS.CH4/c1-3-16(15)7-5(4-14)6(8(9,10)11)12-13(7)2;1-3-15-7-5(4-14)6(8(9,10)11)12-13(7)2;/h4H,3H2,1-2H3;4H,3H2,1-2H3;1H4. The number of halogens is 6. The summed E-state index contributed by atoms with van der Waals surface area (Å²) in [6, 6.07) is 0. The van der Waals surface area contributed by atoms with Crippen molar-refractivity contribution in [2.24, 2.45) is 14.1 Å². The van der Waals surface area contributed by atoms with Crippen LogP contribution in [0.3, 0.4) is 0 Å². The molecule has 2 aromatic heterocycles. The van der Waals surface area contributed by atoms with Crippen molar-refractivity contribution in [1.29, 1.82) is 0 Å². The monoisotopic (exact) mass is 508 g/mol. The van der Waals surface area contributed by atoms with Gasteiger partial charge in [0.1, 0.15) is 10.1 Å². The van der Waals surface area contributed by atoms with Gasteiger partial charge in [-0.1, -0.05) is 21.3 Å². The summed E-state index contributed by atoms with van der Waals surface area (Å²) in [4.78, 5) is 21.3. The Morgan fingerprint density at radius 2 is 1.34 bits per heavy atom. The molecule has 0 saturated carbocycles. The molecule has 15 heteroatoms. The second-order valence-electron chi connectivity index (χ2n) is 5.68. The zero-order valence-electron chi connectivity index (χ0n) is 16.7. The van der Waals surface area contributed by atoms with E-state index in [1.165, 1.54) is 14.1 Å². The van der Waals surface area contributed by atoms with Gasteiger partial charge in [0, 0.05) is 19.8 Å². The van der Waals surface area contributed by atoms with Crippen molar-refractivity contribution in [3.63, 3.8) is 0 Å². The molecular weight excluding hydrogens is 486 g/mol. The van der Waals surface area contributed by atoms with E-state index in [0.29, 0.717) is 5.75 Å². The molecule has 1 unspecified atom stereocenters. The zero-order chi connectivity index (χ0) is 24.1. The third kappa shape index (κ3) is 6.67. The molecule has 182 valence electrons. The minimum absolute atomic E-state index is 0. The molecule has 0 N–H and O–H groups in total. The van der Waals surface area contributed by atoms with Crippen molar-refractivity contribution < 1.29 is 40.1 Å². The molecule has 0 aliphatic rings. The van der Waals surface area contributed by atoms with Gasteiger partial charge < -0.3 is 0 Å². The van der Waals surface area contributed by atoms with E-state index in [1.807, 2.05) is 0 Å². The van der Waals surface area contributed by atoms with E-state index in [1.54, 1.807) is 13.8 Å². The van der Waals surface area contributed by atoms with Crippen molar-refractivity contribution in [1.82, 2.24) is 19.6 Å². The predicted octanol–water partition coefficient (Wildman–Crippen LogP) is 4.38. The summed E-state index contributed by atoms with van der Waals surface area (Å²) < 4.78 is 88.1. The number of alkyl halides is 6. The lowest BCUT2D eigenvalue weighted by molar-refractivity contribution is -0.142. The Morgan fingerprint density at radius 1 is 0.906 bits per heavy atom. The van der Waals surface area contributed by atoms with Crippen LogP contribution in [0.2, 0.25) is 0 Å². The lowest BCUT2D eigenvalue weighted by Crippen LogP contribution is -2.09. The van der Waals surface area contributed by atoms with Gasteiger partial charge in [0.15, 0.2) is 24.0 Å². The molecule has 0 fully saturated rings. The molecule has 2 aromatic rings. The Balaban J connectivity index is 0.000000584. The summed E-state index contributed by atoms with van der Waals surface area (Å²) in [5, 5.41) is 6.56. The van der Waals surface area contributed by atoms with Gasteiger partial charge >= 0.3 is 12.4 Å². The smallest absolute Gasteiger partial charge is 0.298 e. The number of aromatic nitrogens is 4. The van der Waals surface area contributed by atoms with Gasteiger partial charge in [0.05, 0.1) is 21.9 Å². The van der Waals surface area contributed by atoms with E-state index in [0.717, 1.165) is 21.1 Å². The minimum Gasteiger partial charge on any atom is -0.298 e. The van der Waals surface area contributed by atoms with E-state index in [2.05, 4.69) is 10.2 Å². The number of aryl methyl sites for hydroxylation is 2. The summed E-state index contributed by atoms with van der Waals surface area (Å²) in [5.41, 5.74) is -3.43. The number of rotatable bonds is 6. The van der Waals surface area contributed by atoms with Crippen molar-refractivity contribution >= 4 is 35.1 Å². The maximum Gasteiger partial charge on any atom is 0.435 e. The highest BCUT2D eigenvalue weighted by molar-refractivity contribution is 7.99. The van der Waals surface area contributed by atoms with Gasteiger partial charge in [-0.15, -0.1) is 11.8 Å². The second-order valence-corrected chi connectivity index (χ2v) is 8.59. The largest absolute Gasteiger partial charge is 0.435 e. The molecule has 0 aromatic carbocycles. The summed E-state index contributed by atoms with van der Waals surface area (Å²) in [6.45, 7) is 3.34. The highest BCUT2D eigenvalue weighted by Crippen LogP contribution is 2.35. The molecule has 0 aliphatic carbocycles. The quantitative estimate of drug-likeness (QED) is 0.327. The Hall–Kier alpha value is -2.16. The highest BCUT2D eigenvalue weighted by Gasteiger charge is 2.40. The van der Waals surface area contributed by atoms with Crippen LogP contribution in [0.15, 0.2) is 10.1 Å². The van der Waals surface area contributed by atoms with Gasteiger partial charge in [0.25, 0.3) is 0 Å². The van der Waals surface area contributed by atoms with Crippen LogP contribution < -0.4 is 0 Å². The lowest BCUT2D eigenvalue weighted by atomic mass is 10.2. The first kappa shape index (κ1) is 29.8. The molecule has 32 heavy (non-hydrogen) atoms. The van der Waals surface area contributed by atoms with E-state index in [-0.39, 0.29) is 41.4 Å². The molecule has 0 saturated heterocycles. The Bertz CT molecular complexity index is 967. The molecule has 7 nitrogen and oxygen atoms in total. The van der Waals surface area contributed by atoms with E-state index < -0.39 is 40.1 Å². The first-order valence-electron chi connectivity index (χ1n) is 8.44. The summed E-state index contributed by atoms with van der Waals surface area (Å²) in [5.74, 6) is 0.704. The number of hydrogen-bond donors (Lipinski definition) is 0. The fourth-order valence-electron chi connectivity index (χ4n) is 2.40. The topological polar surface area (TPSA) is 86.8 Å². The molecule has 0 radical (unpaired) electrons. The molecule has 2 heterocycles. The first-order chi connectivity index (χ1) is 14.2. The molecule has 0 aliphatic heterocycles. The number of thioether (sulfide) groups is 1. The van der Waals surface area contributed by atoms with Crippen LogP contribution in [0.5, 0.6) is 0 Å². The van der Waals surface area contributed by atoms with Crippen LogP contribution in [-0.2, 0) is 37.2 Å². The van der Waals surface area contributed by atoms with Crippen LogP contribution in [-0.4, -0.2) is 47.8 Å². The number of carbonyl (C=O) groups excluding carboxylic acids is 2. The summed E-state index contributed by atoms with van der Waals surface area (Å²) in [6.07, 6.45) is -9.06. The van der Waals surface area contributed by atoms with Crippen LogP contribution in [0.25, 0.3) is 0 Å². The van der Waals surface area contributed by atoms with Crippen LogP contribution in [0.1, 0.15) is 53.4 Å². The molecule has 0 amide bonds. The first-order valence-corrected chi connectivity index (χ1v) is 10.7. The van der Waals surface area contributed by atoms with E-state index in [9.17, 15) is 40.1 Å². The summed E-state index contributed by atoms with van der Waals surface area (Å²) in [7, 11) is 0.958. The number of hydrogen-bond acceptors (Lipinski definition) is 6. The average molecular weight is 509 g/mol. The fraction of sp³-hybridized carbons (Fsp3) is 0.529. The fourth-order valence-corrected chi connectivity index (χ4v) is 4.20. The third-order valence-corrected chi connectivity index (χ3v) is 6.08. The zero-order valence-corrected chi connectivity index (χ0v) is 18.3. The lowest BCUT2D eigenvalue weighted by Gasteiger charge is -2.02. The average Bonchev–Trinajstić information content (AvgIpc) is 3.18. The van der Waals surface area contributed by atoms with Gasteiger partial charge in [-0.3, -0.25) is 23.2 Å². The van der Waals surface area contributed by atoms with Crippen LogP contribution in [0, 0.1) is 0 Å². The number of nitrogens with zero attached hydrogens (tertiary/aromatic N) is 4. The summed E-state index contributed by atoms with van der Waals surface area (Å²) >= 11 is 1.16. The van der Waals surface area contributed by atoms with Crippen molar-refractivity contribution in [2.45, 2.75) is 43.7 Å². The minimum atomic E-state index is -4.72. The maximum absolute atomic E-state index is 12.5. The molecule has 2 rings (SSSR count). The number of aldehydes is 2. The normalized spacial score (nSPS) is 12.4. The van der Waals surface area contributed by atoms with Crippen LogP contribution in [0.4, 0.5) is 26.3 Å². The SMILES string of the molecule is C.CCS(=O)c1c(C=O)c(C(F)(F)F)nn1C.CCSc1c(C=O)c(C(F)(F)F)nn1C. The second kappa shape index (κ2) is 11.6. The Labute approximate surface area is 187 Å². The van der Waals surface area contributed by atoms with E-state index in [4.69, 9.17) is 0 Å². The third-order valence-electron chi connectivity index (χ3n) is 3.59. The number of carbonyl (C=O) groups is 2. The van der Waals surface area contributed by atoms with Gasteiger partial charge in [-0.05, 0) is 5.75 Å². The molecule has 0 spiro atoms. The Kier molecular flexibility index (Phi) is 10.8. The molecule has 0 bridgehead atoms. The van der Waals surface area contributed by atoms with Crippen molar-refractivity contribution in [3.8, 4) is 0 Å². The van der Waals surface area contributed by atoms with E-state index >= 15 is 0 Å². The molecule has 1 atom stereocenters. The van der Waals surface area contributed by atoms with Gasteiger partial charge in [-0.25, -0.2) is 0 Å². The van der Waals surface area contributed by atoms with Crippen LogP contribution >= 0.6 is 11.8 Å². The van der Waals surface area contributed by atoms with Gasteiger partial charge in [0.2, 0.25) is 0 Å². The maximum atomic E-state index is 12.5. The Morgan fingerprint density at radius 3 is 1.72 bits per heavy atom. The van der Waals surface area contributed by atoms with Crippen molar-refractivity contribution in [2.75, 3.05) is 11.5 Å². The van der Waals surface area contributed by atoms with Gasteiger partial charge in [-0.2, -0.15) is 36.5 Å². The predicted molar refractivity (Wildman–Crippen MR) is 107 cm³/mol.